The SMILES string of the molecule is CCC[C@H](NC(=O)CNC(=O)OCc1ccccc1)c1ccc(F)cc1F. The summed E-state index contributed by atoms with van der Waals surface area (Å²) in [5.74, 6) is -1.89. The molecule has 0 saturated heterocycles. The number of hydrogen-bond donors (Lipinski definition) is 2. The summed E-state index contributed by atoms with van der Waals surface area (Å²) in [6.07, 6.45) is 0.440. The zero-order valence-electron chi connectivity index (χ0n) is 15.0. The van der Waals surface area contributed by atoms with Gasteiger partial charge in [0.15, 0.2) is 0 Å². The van der Waals surface area contributed by atoms with Crippen molar-refractivity contribution >= 4 is 12.0 Å². The summed E-state index contributed by atoms with van der Waals surface area (Å²) < 4.78 is 32.1. The maximum Gasteiger partial charge on any atom is 0.407 e. The molecule has 0 unspecified atom stereocenters. The molecule has 0 fully saturated rings. The van der Waals surface area contributed by atoms with Gasteiger partial charge in [-0.05, 0) is 18.1 Å². The third-order valence-corrected chi connectivity index (χ3v) is 3.86. The number of halogens is 2. The summed E-state index contributed by atoms with van der Waals surface area (Å²) in [6.45, 7) is 1.67. The van der Waals surface area contributed by atoms with Crippen molar-refractivity contribution in [3.63, 3.8) is 0 Å². The van der Waals surface area contributed by atoms with Crippen LogP contribution in [0.3, 0.4) is 0 Å². The lowest BCUT2D eigenvalue weighted by Gasteiger charge is -2.19. The topological polar surface area (TPSA) is 67.4 Å². The van der Waals surface area contributed by atoms with E-state index in [4.69, 9.17) is 4.74 Å². The van der Waals surface area contributed by atoms with Gasteiger partial charge in [-0.3, -0.25) is 4.79 Å². The zero-order chi connectivity index (χ0) is 19.6. The van der Waals surface area contributed by atoms with Crippen molar-refractivity contribution in [2.24, 2.45) is 0 Å². The van der Waals surface area contributed by atoms with Gasteiger partial charge in [-0.15, -0.1) is 0 Å². The first-order chi connectivity index (χ1) is 13.0. The molecule has 2 amide bonds. The maximum atomic E-state index is 14.0. The second kappa shape index (κ2) is 10.3. The molecule has 0 aliphatic heterocycles. The second-order valence-corrected chi connectivity index (χ2v) is 5.99. The first-order valence-corrected chi connectivity index (χ1v) is 8.68. The molecule has 2 rings (SSSR count). The van der Waals surface area contributed by atoms with Crippen molar-refractivity contribution in [2.45, 2.75) is 32.4 Å². The Hall–Kier alpha value is -2.96. The van der Waals surface area contributed by atoms with Crippen LogP contribution < -0.4 is 10.6 Å². The van der Waals surface area contributed by atoms with Crippen LogP contribution in [0.5, 0.6) is 0 Å². The molecule has 2 aromatic carbocycles. The van der Waals surface area contributed by atoms with Crippen LogP contribution in [0.25, 0.3) is 0 Å². The van der Waals surface area contributed by atoms with E-state index in [2.05, 4.69) is 10.6 Å². The molecule has 27 heavy (non-hydrogen) atoms. The van der Waals surface area contributed by atoms with E-state index in [1.54, 1.807) is 0 Å². The van der Waals surface area contributed by atoms with Gasteiger partial charge in [-0.2, -0.15) is 0 Å². The molecule has 0 aromatic heterocycles. The lowest BCUT2D eigenvalue weighted by molar-refractivity contribution is -0.121. The quantitative estimate of drug-likeness (QED) is 0.735. The molecule has 5 nitrogen and oxygen atoms in total. The van der Waals surface area contributed by atoms with Gasteiger partial charge in [0.2, 0.25) is 5.91 Å². The van der Waals surface area contributed by atoms with E-state index in [1.165, 1.54) is 6.07 Å². The van der Waals surface area contributed by atoms with Gasteiger partial charge in [0.1, 0.15) is 24.8 Å². The molecule has 0 aliphatic carbocycles. The maximum absolute atomic E-state index is 14.0. The van der Waals surface area contributed by atoms with E-state index in [0.29, 0.717) is 12.8 Å². The van der Waals surface area contributed by atoms with Gasteiger partial charge in [-0.1, -0.05) is 49.7 Å². The number of amides is 2. The minimum atomic E-state index is -0.728. The number of benzene rings is 2. The van der Waals surface area contributed by atoms with Crippen LogP contribution in [0, 0.1) is 11.6 Å². The van der Waals surface area contributed by atoms with Crippen molar-refractivity contribution in [3.8, 4) is 0 Å². The fourth-order valence-electron chi connectivity index (χ4n) is 2.55. The van der Waals surface area contributed by atoms with Crippen LogP contribution >= 0.6 is 0 Å². The average Bonchev–Trinajstić information content (AvgIpc) is 2.65. The van der Waals surface area contributed by atoms with Crippen molar-refractivity contribution in [3.05, 3.63) is 71.3 Å². The van der Waals surface area contributed by atoms with Gasteiger partial charge >= 0.3 is 6.09 Å². The number of hydrogen-bond acceptors (Lipinski definition) is 3. The first kappa shape index (κ1) is 20.4. The molecule has 0 aliphatic rings. The number of ether oxygens (including phenoxy) is 1. The van der Waals surface area contributed by atoms with Crippen molar-refractivity contribution in [1.29, 1.82) is 0 Å². The fraction of sp³-hybridized carbons (Fsp3) is 0.300. The minimum Gasteiger partial charge on any atom is -0.445 e. The Labute approximate surface area is 156 Å². The molecule has 144 valence electrons. The van der Waals surface area contributed by atoms with E-state index >= 15 is 0 Å². The largest absolute Gasteiger partial charge is 0.445 e. The molecule has 2 N–H and O–H groups in total. The van der Waals surface area contributed by atoms with E-state index in [9.17, 15) is 18.4 Å². The molecule has 0 saturated carbocycles. The Morgan fingerprint density at radius 2 is 1.85 bits per heavy atom. The number of nitrogens with one attached hydrogen (secondary N) is 2. The summed E-state index contributed by atoms with van der Waals surface area (Å²) >= 11 is 0. The Kier molecular flexibility index (Phi) is 7.73. The molecule has 1 atom stereocenters. The molecule has 2 aromatic rings. The highest BCUT2D eigenvalue weighted by Gasteiger charge is 2.18. The van der Waals surface area contributed by atoms with Crippen molar-refractivity contribution in [2.75, 3.05) is 6.54 Å². The summed E-state index contributed by atoms with van der Waals surface area (Å²) in [7, 11) is 0. The summed E-state index contributed by atoms with van der Waals surface area (Å²) in [5.41, 5.74) is 1.03. The molecule has 7 heteroatoms. The molecule has 0 heterocycles. The lowest BCUT2D eigenvalue weighted by atomic mass is 10.0. The van der Waals surface area contributed by atoms with E-state index in [-0.39, 0.29) is 18.7 Å². The van der Waals surface area contributed by atoms with Crippen LogP contribution in [0.4, 0.5) is 13.6 Å². The Morgan fingerprint density at radius 3 is 2.52 bits per heavy atom. The normalized spacial score (nSPS) is 11.5. The number of rotatable bonds is 8. The highest BCUT2D eigenvalue weighted by atomic mass is 19.1. The van der Waals surface area contributed by atoms with Gasteiger partial charge in [0, 0.05) is 11.6 Å². The van der Waals surface area contributed by atoms with E-state index in [1.807, 2.05) is 37.3 Å². The Bertz CT molecular complexity index is 769. The van der Waals surface area contributed by atoms with Crippen LogP contribution in [0.15, 0.2) is 48.5 Å². The Morgan fingerprint density at radius 1 is 1.11 bits per heavy atom. The smallest absolute Gasteiger partial charge is 0.407 e. The van der Waals surface area contributed by atoms with Crippen molar-refractivity contribution < 1.29 is 23.1 Å². The minimum absolute atomic E-state index is 0.0908. The average molecular weight is 376 g/mol. The highest BCUT2D eigenvalue weighted by Crippen LogP contribution is 2.22. The summed E-state index contributed by atoms with van der Waals surface area (Å²) in [5, 5.41) is 5.00. The highest BCUT2D eigenvalue weighted by molar-refractivity contribution is 5.82. The number of carbonyl (C=O) groups excluding carboxylic acids is 2. The van der Waals surface area contributed by atoms with E-state index in [0.717, 1.165) is 17.7 Å². The fourth-order valence-corrected chi connectivity index (χ4v) is 2.55. The molecule has 0 bridgehead atoms. The third kappa shape index (κ3) is 6.69. The number of carbonyl (C=O) groups is 2. The van der Waals surface area contributed by atoms with E-state index < -0.39 is 29.7 Å². The molecular weight excluding hydrogens is 354 g/mol. The molecule has 0 spiro atoms. The molecular formula is C20H22F2N2O3. The second-order valence-electron chi connectivity index (χ2n) is 5.99. The van der Waals surface area contributed by atoms with Crippen molar-refractivity contribution in [1.82, 2.24) is 10.6 Å². The first-order valence-electron chi connectivity index (χ1n) is 8.68. The monoisotopic (exact) mass is 376 g/mol. The number of alkyl carbamates (subject to hydrolysis) is 1. The van der Waals surface area contributed by atoms with Crippen LogP contribution in [0.1, 0.15) is 36.9 Å². The predicted octanol–water partition coefficient (Wildman–Crippen LogP) is 3.85. The van der Waals surface area contributed by atoms with Gasteiger partial charge in [-0.25, -0.2) is 13.6 Å². The van der Waals surface area contributed by atoms with Gasteiger partial charge in [0.25, 0.3) is 0 Å². The lowest BCUT2D eigenvalue weighted by Crippen LogP contribution is -2.39. The van der Waals surface area contributed by atoms with Crippen LogP contribution in [-0.2, 0) is 16.1 Å². The summed E-state index contributed by atoms with van der Waals surface area (Å²) in [4.78, 5) is 23.8. The third-order valence-electron chi connectivity index (χ3n) is 3.86. The summed E-state index contributed by atoms with van der Waals surface area (Å²) in [6, 6.07) is 11.8. The van der Waals surface area contributed by atoms with Gasteiger partial charge in [0.05, 0.1) is 6.04 Å². The Balaban J connectivity index is 1.83. The predicted molar refractivity (Wildman–Crippen MR) is 96.8 cm³/mol. The molecule has 0 radical (unpaired) electrons. The van der Waals surface area contributed by atoms with Crippen LogP contribution in [-0.4, -0.2) is 18.5 Å². The van der Waals surface area contributed by atoms with Crippen LogP contribution in [0.2, 0.25) is 0 Å². The standard InChI is InChI=1S/C20H22F2N2O3/c1-2-6-18(16-10-9-15(21)11-17(16)22)24-19(25)12-23-20(26)27-13-14-7-4-3-5-8-14/h3-5,7-11,18H,2,6,12-13H2,1H3,(H,23,26)(H,24,25)/t18-/m0/s1. The zero-order valence-corrected chi connectivity index (χ0v) is 15.0. The van der Waals surface area contributed by atoms with Gasteiger partial charge < -0.3 is 15.4 Å².